The van der Waals surface area contributed by atoms with Gasteiger partial charge < -0.3 is 5.32 Å². The van der Waals surface area contributed by atoms with Crippen LogP contribution in [0.5, 0.6) is 0 Å². The maximum atomic E-state index is 13.5. The summed E-state index contributed by atoms with van der Waals surface area (Å²) in [4.78, 5) is 29.5. The highest BCUT2D eigenvalue weighted by molar-refractivity contribution is 8.15. The molecule has 0 aromatic heterocycles. The number of halogens is 3. The molecule has 0 saturated heterocycles. The van der Waals surface area contributed by atoms with Gasteiger partial charge in [-0.3, -0.25) is 9.59 Å². The van der Waals surface area contributed by atoms with Gasteiger partial charge >= 0.3 is 0 Å². The Balaban J connectivity index is 1.35. The molecule has 36 heavy (non-hydrogen) atoms. The van der Waals surface area contributed by atoms with Crippen LogP contribution in [0.2, 0.25) is 10.0 Å². The molecule has 0 saturated carbocycles. The molecule has 2 amide bonds. The lowest BCUT2D eigenvalue weighted by atomic mass is 9.98. The standard InChI is InChI=1S/C26H19Cl2FN4O2S/c27-17-6-10-20(11-7-17)30-24(34)14-23-25(35)31-26(36-23)33-22(16-2-1-3-18(28)12-16)13-21(32-33)15-4-8-19(29)9-5-15/h1-12,22-23H,13-14H2,(H,30,34)/t22-,23-/m1/s1. The maximum Gasteiger partial charge on any atom is 0.262 e. The number of hydrogen-bond acceptors (Lipinski definition) is 5. The largest absolute Gasteiger partial charge is 0.326 e. The number of amides is 2. The second-order valence-corrected chi connectivity index (χ2v) is 10.3. The van der Waals surface area contributed by atoms with Gasteiger partial charge in [-0.25, -0.2) is 9.40 Å². The normalized spacial score (nSPS) is 19.3. The van der Waals surface area contributed by atoms with Crippen molar-refractivity contribution in [3.63, 3.8) is 0 Å². The van der Waals surface area contributed by atoms with Crippen LogP contribution in [-0.4, -0.2) is 33.0 Å². The Bertz CT molecular complexity index is 1380. The van der Waals surface area contributed by atoms with E-state index >= 15 is 0 Å². The van der Waals surface area contributed by atoms with Gasteiger partial charge in [0.25, 0.3) is 5.91 Å². The smallest absolute Gasteiger partial charge is 0.262 e. The molecule has 5 rings (SSSR count). The van der Waals surface area contributed by atoms with Crippen LogP contribution in [0, 0.1) is 5.82 Å². The fourth-order valence-electron chi connectivity index (χ4n) is 4.00. The minimum absolute atomic E-state index is 0.0384. The fourth-order valence-corrected chi connectivity index (χ4v) is 5.38. The number of aliphatic imine (C=N–C) groups is 1. The van der Waals surface area contributed by atoms with Crippen molar-refractivity contribution in [2.45, 2.75) is 24.1 Å². The lowest BCUT2D eigenvalue weighted by molar-refractivity contribution is -0.121. The molecule has 10 heteroatoms. The lowest BCUT2D eigenvalue weighted by Crippen LogP contribution is -2.25. The van der Waals surface area contributed by atoms with Crippen molar-refractivity contribution in [2.75, 3.05) is 5.32 Å². The molecule has 182 valence electrons. The fraction of sp³-hybridized carbons (Fsp3) is 0.154. The molecule has 0 aliphatic carbocycles. The molecule has 2 aliphatic rings. The van der Waals surface area contributed by atoms with Crippen LogP contribution in [-0.2, 0) is 9.59 Å². The molecule has 0 fully saturated rings. The Morgan fingerprint density at radius 2 is 1.81 bits per heavy atom. The summed E-state index contributed by atoms with van der Waals surface area (Å²) < 4.78 is 13.5. The van der Waals surface area contributed by atoms with Gasteiger partial charge in [0.2, 0.25) is 5.91 Å². The maximum absolute atomic E-state index is 13.5. The highest BCUT2D eigenvalue weighted by atomic mass is 35.5. The lowest BCUT2D eigenvalue weighted by Gasteiger charge is -2.23. The van der Waals surface area contributed by atoms with Crippen molar-refractivity contribution >= 4 is 63.3 Å². The van der Waals surface area contributed by atoms with Crippen LogP contribution >= 0.6 is 35.0 Å². The number of nitrogens with zero attached hydrogens (tertiary/aromatic N) is 3. The van der Waals surface area contributed by atoms with Gasteiger partial charge in [0.1, 0.15) is 11.1 Å². The second kappa shape index (κ2) is 10.4. The number of carbonyl (C=O) groups is 2. The van der Waals surface area contributed by atoms with Crippen molar-refractivity contribution in [3.8, 4) is 0 Å². The summed E-state index contributed by atoms with van der Waals surface area (Å²) in [6.07, 6.45) is 0.477. The summed E-state index contributed by atoms with van der Waals surface area (Å²) >= 11 is 13.3. The van der Waals surface area contributed by atoms with Gasteiger partial charge in [-0.2, -0.15) is 10.1 Å². The first-order valence-electron chi connectivity index (χ1n) is 11.1. The number of hydrazone groups is 1. The number of thioether (sulfide) groups is 1. The first-order valence-corrected chi connectivity index (χ1v) is 12.7. The van der Waals surface area contributed by atoms with Crippen LogP contribution in [0.1, 0.15) is 30.0 Å². The van der Waals surface area contributed by atoms with Crippen molar-refractivity contribution in [1.82, 2.24) is 5.01 Å². The summed E-state index contributed by atoms with van der Waals surface area (Å²) in [5.41, 5.74) is 3.01. The number of carbonyl (C=O) groups excluding carboxylic acids is 2. The number of benzene rings is 3. The molecule has 1 N–H and O–H groups in total. The second-order valence-electron chi connectivity index (χ2n) is 8.27. The third-order valence-electron chi connectivity index (χ3n) is 5.74. The van der Waals surface area contributed by atoms with Crippen molar-refractivity contribution in [3.05, 3.63) is 99.8 Å². The molecule has 3 aromatic carbocycles. The van der Waals surface area contributed by atoms with E-state index in [0.717, 1.165) is 16.8 Å². The van der Waals surface area contributed by atoms with E-state index in [2.05, 4.69) is 10.3 Å². The van der Waals surface area contributed by atoms with Crippen LogP contribution < -0.4 is 5.32 Å². The third-order valence-corrected chi connectivity index (χ3v) is 7.37. The highest BCUT2D eigenvalue weighted by Crippen LogP contribution is 2.39. The first kappa shape index (κ1) is 24.5. The quantitative estimate of drug-likeness (QED) is 0.411. The predicted molar refractivity (Wildman–Crippen MR) is 142 cm³/mol. The molecule has 2 aliphatic heterocycles. The van der Waals surface area contributed by atoms with Crippen molar-refractivity contribution in [1.29, 1.82) is 0 Å². The zero-order valence-electron chi connectivity index (χ0n) is 18.7. The number of anilines is 1. The molecule has 2 heterocycles. The van der Waals surface area contributed by atoms with E-state index in [-0.39, 0.29) is 24.2 Å². The molecule has 0 unspecified atom stereocenters. The summed E-state index contributed by atoms with van der Waals surface area (Å²) in [6, 6.07) is 20.0. The molecule has 0 radical (unpaired) electrons. The first-order chi connectivity index (χ1) is 17.4. The van der Waals surface area contributed by atoms with Gasteiger partial charge in [-0.1, -0.05) is 59.2 Å². The summed E-state index contributed by atoms with van der Waals surface area (Å²) in [7, 11) is 0. The van der Waals surface area contributed by atoms with Crippen molar-refractivity contribution < 1.29 is 14.0 Å². The van der Waals surface area contributed by atoms with Crippen molar-refractivity contribution in [2.24, 2.45) is 10.1 Å². The minimum Gasteiger partial charge on any atom is -0.326 e. The Kier molecular flexibility index (Phi) is 7.09. The van der Waals surface area contributed by atoms with Crippen LogP contribution in [0.4, 0.5) is 10.1 Å². The minimum atomic E-state index is -0.669. The number of amidine groups is 1. The van der Waals surface area contributed by atoms with Crippen LogP contribution in [0.3, 0.4) is 0 Å². The Hall–Kier alpha value is -3.20. The predicted octanol–water partition coefficient (Wildman–Crippen LogP) is 6.31. The zero-order valence-corrected chi connectivity index (χ0v) is 21.0. The molecule has 2 atom stereocenters. The Labute approximate surface area is 221 Å². The average Bonchev–Trinajstić information content (AvgIpc) is 3.45. The van der Waals surface area contributed by atoms with Gasteiger partial charge in [0, 0.05) is 28.6 Å². The SMILES string of the molecule is O=C(C[C@H]1SC(N2N=C(c3ccc(F)cc3)C[C@@H]2c2cccc(Cl)c2)=NC1=O)Nc1ccc(Cl)cc1. The van der Waals surface area contributed by atoms with E-state index in [1.165, 1.54) is 23.9 Å². The number of rotatable bonds is 5. The molecule has 0 bridgehead atoms. The van der Waals surface area contributed by atoms with Gasteiger partial charge in [0.15, 0.2) is 5.17 Å². The van der Waals surface area contributed by atoms with E-state index in [1.807, 2.05) is 18.2 Å². The molecule has 6 nitrogen and oxygen atoms in total. The molecule has 3 aromatic rings. The zero-order chi connectivity index (χ0) is 25.2. The topological polar surface area (TPSA) is 74.1 Å². The average molecular weight is 541 g/mol. The summed E-state index contributed by atoms with van der Waals surface area (Å²) in [5, 5.41) is 10.1. The van der Waals surface area contributed by atoms with E-state index in [0.29, 0.717) is 27.3 Å². The van der Waals surface area contributed by atoms with Gasteiger partial charge in [-0.15, -0.1) is 0 Å². The molecular weight excluding hydrogens is 522 g/mol. The summed E-state index contributed by atoms with van der Waals surface area (Å²) in [5.74, 6) is -1.03. The summed E-state index contributed by atoms with van der Waals surface area (Å²) in [6.45, 7) is 0. The number of hydrogen-bond donors (Lipinski definition) is 1. The van der Waals surface area contributed by atoms with E-state index in [4.69, 9.17) is 28.3 Å². The van der Waals surface area contributed by atoms with Crippen LogP contribution in [0.25, 0.3) is 0 Å². The monoisotopic (exact) mass is 540 g/mol. The molecular formula is C26H19Cl2FN4O2S. The van der Waals surface area contributed by atoms with E-state index in [9.17, 15) is 14.0 Å². The highest BCUT2D eigenvalue weighted by Gasteiger charge is 2.39. The van der Waals surface area contributed by atoms with E-state index < -0.39 is 11.2 Å². The molecule has 0 spiro atoms. The third kappa shape index (κ3) is 5.46. The van der Waals surface area contributed by atoms with E-state index in [1.54, 1.807) is 47.5 Å². The van der Waals surface area contributed by atoms with Crippen LogP contribution in [0.15, 0.2) is 82.9 Å². The Morgan fingerprint density at radius 3 is 2.53 bits per heavy atom. The van der Waals surface area contributed by atoms with Gasteiger partial charge in [0.05, 0.1) is 11.8 Å². The number of nitrogens with one attached hydrogen (secondary N) is 1. The Morgan fingerprint density at radius 1 is 1.06 bits per heavy atom. The van der Waals surface area contributed by atoms with Gasteiger partial charge in [-0.05, 0) is 59.7 Å².